The van der Waals surface area contributed by atoms with Crippen LogP contribution in [-0.2, 0) is 0 Å². The molecule has 0 fully saturated rings. The van der Waals surface area contributed by atoms with Gasteiger partial charge in [-0.15, -0.1) is 10.2 Å². The molecule has 0 atom stereocenters. The molecule has 0 aromatic carbocycles. The normalized spacial score (nSPS) is 9.43. The van der Waals surface area contributed by atoms with Gasteiger partial charge in [-0.25, -0.2) is 0 Å². The molecule has 0 saturated heterocycles. The van der Waals surface area contributed by atoms with Crippen LogP contribution in [0.3, 0.4) is 0 Å². The van der Waals surface area contributed by atoms with Crippen LogP contribution in [0.1, 0.15) is 11.4 Å². The molecule has 2 heterocycles. The first kappa shape index (κ1) is 8.19. The van der Waals surface area contributed by atoms with E-state index in [-0.39, 0.29) is 0 Å². The Balaban J connectivity index is 2.22. The maximum Gasteiger partial charge on any atom is 0.137 e. The van der Waals surface area contributed by atoms with Crippen LogP contribution in [0.25, 0.3) is 0 Å². The van der Waals surface area contributed by atoms with Crippen molar-refractivity contribution >= 4 is 0 Å². The summed E-state index contributed by atoms with van der Waals surface area (Å²) in [5.74, 6) is 16.3. The number of hydrogen-bond donors (Lipinski definition) is 2. The lowest BCUT2D eigenvalue weighted by atomic mass is 10.4. The molecule has 0 radical (unpaired) electrons. The number of hydrogen-bond acceptors (Lipinski definition) is 4. The lowest BCUT2D eigenvalue weighted by molar-refractivity contribution is 0.825. The van der Waals surface area contributed by atoms with Crippen LogP contribution < -0.4 is 11.7 Å². The van der Waals surface area contributed by atoms with E-state index in [2.05, 4.69) is 22.0 Å². The van der Waals surface area contributed by atoms with E-state index >= 15 is 0 Å². The van der Waals surface area contributed by atoms with Gasteiger partial charge in [0.1, 0.15) is 11.4 Å². The molecule has 0 unspecified atom stereocenters. The fraction of sp³-hybridized carbons (Fsp3) is 0. The predicted molar refractivity (Wildman–Crippen MR) is 50.7 cm³/mol. The molecule has 4 N–H and O–H groups in total. The van der Waals surface area contributed by atoms with E-state index < -0.39 is 0 Å². The van der Waals surface area contributed by atoms with Gasteiger partial charge in [0.25, 0.3) is 0 Å². The fourth-order valence-corrected chi connectivity index (χ4v) is 0.937. The minimum atomic E-state index is 0.596. The van der Waals surface area contributed by atoms with E-state index in [1.807, 2.05) is 0 Å². The second-order valence-electron chi connectivity index (χ2n) is 2.61. The highest BCUT2D eigenvalue weighted by Crippen LogP contribution is 1.92. The van der Waals surface area contributed by atoms with Crippen molar-refractivity contribution in [1.82, 2.24) is 19.8 Å². The quantitative estimate of drug-likeness (QED) is 0.406. The minimum absolute atomic E-state index is 0.596. The molecular weight excluding hydrogens is 180 g/mol. The molecule has 2 aromatic heterocycles. The van der Waals surface area contributed by atoms with E-state index in [1.165, 1.54) is 9.58 Å². The highest BCUT2D eigenvalue weighted by atomic mass is 15.5. The molecule has 6 nitrogen and oxygen atoms in total. The van der Waals surface area contributed by atoms with Crippen molar-refractivity contribution in [2.45, 2.75) is 0 Å². The molecule has 2 rings (SSSR count). The third kappa shape index (κ3) is 1.67. The average molecular weight is 188 g/mol. The summed E-state index contributed by atoms with van der Waals surface area (Å²) < 4.78 is 0. The maximum absolute atomic E-state index is 5.35. The van der Waals surface area contributed by atoms with Gasteiger partial charge in [-0.05, 0) is 24.0 Å². The molecule has 0 amide bonds. The zero-order valence-electron chi connectivity index (χ0n) is 7.25. The Bertz CT molecular complexity index is 453. The second-order valence-corrected chi connectivity index (χ2v) is 2.61. The van der Waals surface area contributed by atoms with E-state index in [4.69, 9.17) is 11.7 Å². The topological polar surface area (TPSA) is 87.7 Å². The summed E-state index contributed by atoms with van der Waals surface area (Å²) in [4.78, 5) is 2.40. The summed E-state index contributed by atoms with van der Waals surface area (Å²) in [5, 5.41) is 7.78. The predicted octanol–water partition coefficient (Wildman–Crippen LogP) is -1.09. The Morgan fingerprint density at radius 2 is 1.36 bits per heavy atom. The zero-order valence-corrected chi connectivity index (χ0v) is 7.25. The third-order valence-corrected chi connectivity index (χ3v) is 1.54. The van der Waals surface area contributed by atoms with E-state index in [0.29, 0.717) is 11.4 Å². The fourth-order valence-electron chi connectivity index (χ4n) is 0.937. The van der Waals surface area contributed by atoms with Crippen molar-refractivity contribution in [3.63, 3.8) is 0 Å². The largest absolute Gasteiger partial charge is 0.323 e. The highest BCUT2D eigenvalue weighted by molar-refractivity contribution is 5.34. The van der Waals surface area contributed by atoms with E-state index in [9.17, 15) is 0 Å². The average Bonchev–Trinajstić information content (AvgIpc) is 2.72. The summed E-state index contributed by atoms with van der Waals surface area (Å²) in [6.45, 7) is 0. The molecule has 0 spiro atoms. The van der Waals surface area contributed by atoms with Crippen LogP contribution in [0.2, 0.25) is 0 Å². The van der Waals surface area contributed by atoms with Crippen LogP contribution in [0.4, 0.5) is 0 Å². The first-order valence-electron chi connectivity index (χ1n) is 3.87. The Labute approximate surface area is 80.1 Å². The van der Waals surface area contributed by atoms with Crippen LogP contribution in [0.5, 0.6) is 0 Å². The molecular formula is C8H8N6. The summed E-state index contributed by atoms with van der Waals surface area (Å²) in [5.41, 5.74) is 1.19. The zero-order chi connectivity index (χ0) is 9.97. The van der Waals surface area contributed by atoms with Crippen molar-refractivity contribution < 1.29 is 0 Å². The molecule has 2 aromatic rings. The molecule has 0 bridgehead atoms. The van der Waals surface area contributed by atoms with Gasteiger partial charge >= 0.3 is 0 Å². The second kappa shape index (κ2) is 3.14. The van der Waals surface area contributed by atoms with Crippen LogP contribution in [0, 0.1) is 11.8 Å². The molecule has 6 heteroatoms. The van der Waals surface area contributed by atoms with Crippen LogP contribution >= 0.6 is 0 Å². The van der Waals surface area contributed by atoms with Gasteiger partial charge in [0.2, 0.25) is 0 Å². The lowest BCUT2D eigenvalue weighted by Crippen LogP contribution is -2.08. The van der Waals surface area contributed by atoms with Gasteiger partial charge in [-0.2, -0.15) is 9.58 Å². The van der Waals surface area contributed by atoms with Gasteiger partial charge in [0.15, 0.2) is 0 Å². The monoisotopic (exact) mass is 188 g/mol. The molecule has 0 saturated carbocycles. The number of nitrogens with two attached hydrogens (primary N) is 2. The molecule has 70 valence electrons. The van der Waals surface area contributed by atoms with Gasteiger partial charge in [-0.1, -0.05) is 0 Å². The Kier molecular flexibility index (Phi) is 1.84. The standard InChI is InChI=1S/C8H8N6/c9-13-5-3-7(11-13)1-2-8-4-6-14(10)12-8/h3-6H,9-10H2. The maximum atomic E-state index is 5.35. The van der Waals surface area contributed by atoms with Crippen molar-refractivity contribution in [3.8, 4) is 11.8 Å². The van der Waals surface area contributed by atoms with Gasteiger partial charge < -0.3 is 11.7 Å². The number of aromatic nitrogens is 4. The highest BCUT2D eigenvalue weighted by Gasteiger charge is 1.92. The smallest absolute Gasteiger partial charge is 0.137 e. The van der Waals surface area contributed by atoms with Crippen molar-refractivity contribution in [1.29, 1.82) is 0 Å². The molecule has 0 aliphatic carbocycles. The Morgan fingerprint density at radius 3 is 1.64 bits per heavy atom. The third-order valence-electron chi connectivity index (χ3n) is 1.54. The molecule has 0 aliphatic rings. The van der Waals surface area contributed by atoms with Gasteiger partial charge in [0, 0.05) is 12.4 Å². The van der Waals surface area contributed by atoms with Crippen LogP contribution in [0.15, 0.2) is 24.5 Å². The number of nitrogens with zero attached hydrogens (tertiary/aromatic N) is 4. The summed E-state index contributed by atoms with van der Waals surface area (Å²) >= 11 is 0. The summed E-state index contributed by atoms with van der Waals surface area (Å²) in [7, 11) is 0. The van der Waals surface area contributed by atoms with Crippen molar-refractivity contribution in [2.75, 3.05) is 11.7 Å². The molecule has 14 heavy (non-hydrogen) atoms. The number of rotatable bonds is 0. The lowest BCUT2D eigenvalue weighted by Gasteiger charge is -1.83. The van der Waals surface area contributed by atoms with Gasteiger partial charge in [0.05, 0.1) is 0 Å². The van der Waals surface area contributed by atoms with Gasteiger partial charge in [-0.3, -0.25) is 0 Å². The van der Waals surface area contributed by atoms with E-state index in [1.54, 1.807) is 24.5 Å². The molecule has 0 aliphatic heterocycles. The Hall–Kier alpha value is -2.42. The summed E-state index contributed by atoms with van der Waals surface area (Å²) in [6.07, 6.45) is 3.23. The van der Waals surface area contributed by atoms with Crippen molar-refractivity contribution in [2.24, 2.45) is 0 Å². The minimum Gasteiger partial charge on any atom is -0.323 e. The first-order valence-corrected chi connectivity index (χ1v) is 3.87. The van der Waals surface area contributed by atoms with Crippen molar-refractivity contribution in [3.05, 3.63) is 35.9 Å². The Morgan fingerprint density at radius 1 is 0.929 bits per heavy atom. The van der Waals surface area contributed by atoms with E-state index in [0.717, 1.165) is 0 Å². The van der Waals surface area contributed by atoms with Crippen LogP contribution in [-0.4, -0.2) is 19.8 Å². The summed E-state index contributed by atoms with van der Waals surface area (Å²) in [6, 6.07) is 3.43. The number of nitrogen functional groups attached to an aromatic ring is 2. The first-order chi connectivity index (χ1) is 6.74. The SMILES string of the molecule is Nn1ccc(C#Cc2ccn(N)n2)n1.